The molecule has 1 aromatic heterocycles. The van der Waals surface area contributed by atoms with Gasteiger partial charge in [0.1, 0.15) is 0 Å². The zero-order chi connectivity index (χ0) is 13.8. The van der Waals surface area contributed by atoms with Crippen molar-refractivity contribution in [2.75, 3.05) is 7.05 Å². The summed E-state index contributed by atoms with van der Waals surface area (Å²) in [7, 11) is 1.98. The quantitative estimate of drug-likeness (QED) is 0.916. The molecule has 0 saturated heterocycles. The van der Waals surface area contributed by atoms with Gasteiger partial charge in [-0.15, -0.1) is 0 Å². The number of pyridine rings is 1. The largest absolute Gasteiger partial charge is 0.313 e. The highest BCUT2D eigenvalue weighted by molar-refractivity contribution is 6.30. The number of benzene rings is 1. The number of hydrogen-bond acceptors (Lipinski definition) is 2. The van der Waals surface area contributed by atoms with Gasteiger partial charge in [-0.1, -0.05) is 29.8 Å². The van der Waals surface area contributed by atoms with Gasteiger partial charge in [-0.3, -0.25) is 4.98 Å². The summed E-state index contributed by atoms with van der Waals surface area (Å²) in [5.41, 5.74) is 4.61. The Morgan fingerprint density at radius 2 is 2.00 bits per heavy atom. The number of nitrogens with zero attached hydrogens (tertiary/aromatic N) is 1. The molecular weight excluding hydrogens is 256 g/mol. The zero-order valence-electron chi connectivity index (χ0n) is 11.6. The van der Waals surface area contributed by atoms with Gasteiger partial charge in [-0.05, 0) is 56.6 Å². The van der Waals surface area contributed by atoms with Crippen LogP contribution in [0.25, 0.3) is 0 Å². The summed E-state index contributed by atoms with van der Waals surface area (Å²) in [6.45, 7) is 4.08. The van der Waals surface area contributed by atoms with Crippen LogP contribution >= 0.6 is 11.6 Å². The lowest BCUT2D eigenvalue weighted by atomic mass is 9.98. The third-order valence-electron chi connectivity index (χ3n) is 3.32. The molecule has 2 nitrogen and oxygen atoms in total. The lowest BCUT2D eigenvalue weighted by molar-refractivity contribution is 0.585. The maximum absolute atomic E-state index is 6.04. The predicted molar refractivity (Wildman–Crippen MR) is 80.7 cm³/mol. The molecule has 0 saturated carbocycles. The maximum Gasteiger partial charge on any atom is 0.0423 e. The minimum Gasteiger partial charge on any atom is -0.313 e. The van der Waals surface area contributed by atoms with Crippen molar-refractivity contribution in [3.63, 3.8) is 0 Å². The average Bonchev–Trinajstić information content (AvgIpc) is 2.37. The molecular formula is C16H19ClN2. The topological polar surface area (TPSA) is 24.9 Å². The molecule has 2 rings (SSSR count). The lowest BCUT2D eigenvalue weighted by Gasteiger charge is -2.19. The van der Waals surface area contributed by atoms with Crippen molar-refractivity contribution in [1.82, 2.24) is 10.3 Å². The average molecular weight is 275 g/mol. The highest BCUT2D eigenvalue weighted by Gasteiger charge is 2.13. The first-order valence-corrected chi connectivity index (χ1v) is 6.84. The number of nitrogens with one attached hydrogen (secondary N) is 1. The first kappa shape index (κ1) is 14.0. The monoisotopic (exact) mass is 274 g/mol. The van der Waals surface area contributed by atoms with E-state index in [4.69, 9.17) is 11.6 Å². The number of aromatic nitrogens is 1. The van der Waals surface area contributed by atoms with Crippen molar-refractivity contribution in [2.24, 2.45) is 0 Å². The molecule has 0 bridgehead atoms. The molecule has 0 aliphatic heterocycles. The second kappa shape index (κ2) is 6.18. The highest BCUT2D eigenvalue weighted by Crippen LogP contribution is 2.22. The van der Waals surface area contributed by atoms with Crippen molar-refractivity contribution in [3.05, 3.63) is 63.9 Å². The van der Waals surface area contributed by atoms with Crippen molar-refractivity contribution >= 4 is 11.6 Å². The van der Waals surface area contributed by atoms with Crippen LogP contribution in [-0.2, 0) is 6.42 Å². The summed E-state index contributed by atoms with van der Waals surface area (Å²) in [5.74, 6) is 0. The third kappa shape index (κ3) is 3.55. The second-order valence-electron chi connectivity index (χ2n) is 4.80. The molecule has 0 spiro atoms. The van der Waals surface area contributed by atoms with Crippen LogP contribution in [0.4, 0.5) is 0 Å². The Hall–Kier alpha value is -1.38. The van der Waals surface area contributed by atoms with E-state index in [1.165, 1.54) is 11.1 Å². The predicted octanol–water partition coefficient (Wildman–Crippen LogP) is 3.86. The van der Waals surface area contributed by atoms with E-state index < -0.39 is 0 Å². The van der Waals surface area contributed by atoms with E-state index in [-0.39, 0.29) is 6.04 Å². The van der Waals surface area contributed by atoms with E-state index in [9.17, 15) is 0 Å². The molecule has 1 atom stereocenters. The molecule has 3 heteroatoms. The molecule has 1 aromatic carbocycles. The van der Waals surface area contributed by atoms with Gasteiger partial charge < -0.3 is 5.32 Å². The van der Waals surface area contributed by atoms with E-state index in [0.717, 1.165) is 22.8 Å². The fourth-order valence-electron chi connectivity index (χ4n) is 2.33. The van der Waals surface area contributed by atoms with Gasteiger partial charge in [0, 0.05) is 22.5 Å². The first-order valence-electron chi connectivity index (χ1n) is 6.46. The molecule has 1 heterocycles. The van der Waals surface area contributed by atoms with Crippen LogP contribution in [0.2, 0.25) is 5.02 Å². The molecule has 100 valence electrons. The molecule has 1 unspecified atom stereocenters. The van der Waals surface area contributed by atoms with Gasteiger partial charge in [-0.2, -0.15) is 0 Å². The Morgan fingerprint density at radius 1 is 1.21 bits per heavy atom. The molecule has 0 fully saturated rings. The van der Waals surface area contributed by atoms with Crippen LogP contribution in [0.5, 0.6) is 0 Å². The van der Waals surface area contributed by atoms with Crippen LogP contribution in [0.3, 0.4) is 0 Å². The van der Waals surface area contributed by atoms with Gasteiger partial charge in [0.05, 0.1) is 0 Å². The summed E-state index contributed by atoms with van der Waals surface area (Å²) in [5, 5.41) is 4.15. The number of rotatable bonds is 4. The minimum atomic E-state index is 0.256. The standard InChI is InChI=1S/C16H19ClN2/c1-11-7-8-15(12(2)19-11)16(18-3)10-13-5-4-6-14(17)9-13/h4-9,16,18H,10H2,1-3H3. The summed E-state index contributed by atoms with van der Waals surface area (Å²) < 4.78 is 0. The SMILES string of the molecule is CNC(Cc1cccc(Cl)c1)c1ccc(C)nc1C. The zero-order valence-corrected chi connectivity index (χ0v) is 12.3. The first-order chi connectivity index (χ1) is 9.10. The molecule has 19 heavy (non-hydrogen) atoms. The minimum absolute atomic E-state index is 0.256. The number of likely N-dealkylation sites (N-methyl/N-ethyl adjacent to an activating group) is 1. The van der Waals surface area contributed by atoms with E-state index in [1.807, 2.05) is 32.2 Å². The summed E-state index contributed by atoms with van der Waals surface area (Å²) in [6.07, 6.45) is 0.905. The van der Waals surface area contributed by atoms with Crippen LogP contribution in [0, 0.1) is 13.8 Å². The summed E-state index contributed by atoms with van der Waals surface area (Å²) >= 11 is 6.04. The Bertz CT molecular complexity index is 566. The van der Waals surface area contributed by atoms with Crippen molar-refractivity contribution < 1.29 is 0 Å². The fourth-order valence-corrected chi connectivity index (χ4v) is 2.55. The van der Waals surface area contributed by atoms with Gasteiger partial charge in [0.25, 0.3) is 0 Å². The number of hydrogen-bond donors (Lipinski definition) is 1. The molecule has 0 aliphatic carbocycles. The van der Waals surface area contributed by atoms with Crippen molar-refractivity contribution in [2.45, 2.75) is 26.3 Å². The van der Waals surface area contributed by atoms with Gasteiger partial charge in [0.2, 0.25) is 0 Å². The molecule has 0 amide bonds. The Balaban J connectivity index is 2.25. The van der Waals surface area contributed by atoms with E-state index in [1.54, 1.807) is 0 Å². The molecule has 1 N–H and O–H groups in total. The van der Waals surface area contributed by atoms with Crippen molar-refractivity contribution in [3.8, 4) is 0 Å². The smallest absolute Gasteiger partial charge is 0.0423 e. The highest BCUT2D eigenvalue weighted by atomic mass is 35.5. The van der Waals surface area contributed by atoms with Crippen LogP contribution in [0.1, 0.15) is 28.6 Å². The van der Waals surface area contributed by atoms with Crippen LogP contribution in [0.15, 0.2) is 36.4 Å². The van der Waals surface area contributed by atoms with E-state index >= 15 is 0 Å². The fraction of sp³-hybridized carbons (Fsp3) is 0.312. The summed E-state index contributed by atoms with van der Waals surface area (Å²) in [4.78, 5) is 4.54. The van der Waals surface area contributed by atoms with E-state index in [2.05, 4.69) is 35.4 Å². The molecule has 2 aromatic rings. The Kier molecular flexibility index (Phi) is 4.56. The molecule has 0 radical (unpaired) electrons. The lowest BCUT2D eigenvalue weighted by Crippen LogP contribution is -2.20. The third-order valence-corrected chi connectivity index (χ3v) is 3.55. The van der Waals surface area contributed by atoms with Crippen LogP contribution < -0.4 is 5.32 Å². The van der Waals surface area contributed by atoms with Crippen LogP contribution in [-0.4, -0.2) is 12.0 Å². The van der Waals surface area contributed by atoms with Gasteiger partial charge in [0.15, 0.2) is 0 Å². The van der Waals surface area contributed by atoms with Gasteiger partial charge in [-0.25, -0.2) is 0 Å². The Labute approximate surface area is 119 Å². The second-order valence-corrected chi connectivity index (χ2v) is 5.24. The summed E-state index contributed by atoms with van der Waals surface area (Å²) in [6, 6.07) is 12.5. The van der Waals surface area contributed by atoms with Gasteiger partial charge >= 0.3 is 0 Å². The maximum atomic E-state index is 6.04. The Morgan fingerprint density at radius 3 is 2.63 bits per heavy atom. The normalized spacial score (nSPS) is 12.4. The van der Waals surface area contributed by atoms with Crippen molar-refractivity contribution in [1.29, 1.82) is 0 Å². The number of halogens is 1. The van der Waals surface area contributed by atoms with E-state index in [0.29, 0.717) is 0 Å². The number of aryl methyl sites for hydroxylation is 2. The molecule has 0 aliphatic rings.